The van der Waals surface area contributed by atoms with Gasteiger partial charge in [0.2, 0.25) is 0 Å². The van der Waals surface area contributed by atoms with Crippen LogP contribution in [0.3, 0.4) is 0 Å². The molecule has 0 aromatic heterocycles. The van der Waals surface area contributed by atoms with Crippen LogP contribution in [0.15, 0.2) is 24.3 Å². The minimum atomic E-state index is 0.515. The van der Waals surface area contributed by atoms with Crippen LogP contribution in [0.5, 0.6) is 5.75 Å². The number of fused-ring (bicyclic) bond motifs is 1. The molecule has 0 bridgehead atoms. The highest BCUT2D eigenvalue weighted by atomic mass is 79.9. The third-order valence-electron chi connectivity index (χ3n) is 3.27. The number of benzene rings is 1. The number of nitrogens with one attached hydrogen (secondary N) is 1. The molecule has 2 rings (SSSR count). The molecule has 2 atom stereocenters. The van der Waals surface area contributed by atoms with Crippen LogP contribution in [-0.2, 0) is 0 Å². The fraction of sp³-hybridized carbons (Fsp3) is 0.571. The molecule has 0 spiro atoms. The van der Waals surface area contributed by atoms with Crippen molar-refractivity contribution in [2.24, 2.45) is 0 Å². The van der Waals surface area contributed by atoms with Crippen LogP contribution in [-0.4, -0.2) is 24.5 Å². The maximum Gasteiger partial charge on any atom is 0.122 e. The van der Waals surface area contributed by atoms with Crippen molar-refractivity contribution >= 4 is 15.9 Å². The first kappa shape index (κ1) is 12.9. The summed E-state index contributed by atoms with van der Waals surface area (Å²) in [5.74, 6) is 1.58. The molecule has 94 valence electrons. The van der Waals surface area contributed by atoms with Crippen molar-refractivity contribution in [2.75, 3.05) is 19.7 Å². The molecule has 1 heterocycles. The highest BCUT2D eigenvalue weighted by Crippen LogP contribution is 2.32. The van der Waals surface area contributed by atoms with Gasteiger partial charge in [-0.25, -0.2) is 0 Å². The van der Waals surface area contributed by atoms with E-state index in [0.29, 0.717) is 10.7 Å². The van der Waals surface area contributed by atoms with Gasteiger partial charge in [-0.15, -0.1) is 0 Å². The molecule has 0 aliphatic carbocycles. The number of hydrogen-bond acceptors (Lipinski definition) is 2. The number of ether oxygens (including phenoxy) is 1. The minimum absolute atomic E-state index is 0.515. The predicted octanol–water partition coefficient (Wildman–Crippen LogP) is 3.32. The van der Waals surface area contributed by atoms with E-state index in [1.807, 2.05) is 6.07 Å². The van der Waals surface area contributed by atoms with Crippen molar-refractivity contribution in [3.8, 4) is 5.75 Å². The topological polar surface area (TPSA) is 21.3 Å². The zero-order valence-electron chi connectivity index (χ0n) is 10.3. The lowest BCUT2D eigenvalue weighted by Gasteiger charge is -2.12. The lowest BCUT2D eigenvalue weighted by molar-refractivity contribution is 0.326. The van der Waals surface area contributed by atoms with Crippen molar-refractivity contribution in [1.29, 1.82) is 0 Å². The van der Waals surface area contributed by atoms with Gasteiger partial charge in [0.05, 0.1) is 6.61 Å². The Balaban J connectivity index is 1.75. The summed E-state index contributed by atoms with van der Waals surface area (Å²) in [7, 11) is 0. The van der Waals surface area contributed by atoms with Gasteiger partial charge in [0.15, 0.2) is 0 Å². The van der Waals surface area contributed by atoms with E-state index in [1.54, 1.807) is 0 Å². The van der Waals surface area contributed by atoms with Gasteiger partial charge in [-0.3, -0.25) is 0 Å². The monoisotopic (exact) mass is 297 g/mol. The number of halogens is 1. The summed E-state index contributed by atoms with van der Waals surface area (Å²) in [5, 5.41) is 3.52. The predicted molar refractivity (Wildman–Crippen MR) is 75.2 cm³/mol. The summed E-state index contributed by atoms with van der Waals surface area (Å²) in [6.07, 6.45) is 2.38. The molecule has 17 heavy (non-hydrogen) atoms. The van der Waals surface area contributed by atoms with Crippen LogP contribution >= 0.6 is 15.9 Å². The Labute approximate surface area is 112 Å². The Kier molecular flexibility index (Phi) is 4.86. The fourth-order valence-electron chi connectivity index (χ4n) is 2.14. The first-order valence-electron chi connectivity index (χ1n) is 6.37. The summed E-state index contributed by atoms with van der Waals surface area (Å²) < 4.78 is 5.66. The lowest BCUT2D eigenvalue weighted by atomic mass is 10.0. The van der Waals surface area contributed by atoms with Gasteiger partial charge >= 0.3 is 0 Å². The molecule has 0 radical (unpaired) electrons. The van der Waals surface area contributed by atoms with Crippen LogP contribution < -0.4 is 10.1 Å². The lowest BCUT2D eigenvalue weighted by Crippen LogP contribution is -2.24. The smallest absolute Gasteiger partial charge is 0.122 e. The van der Waals surface area contributed by atoms with E-state index in [9.17, 15) is 0 Å². The van der Waals surface area contributed by atoms with Crippen molar-refractivity contribution in [3.63, 3.8) is 0 Å². The SMILES string of the molecule is CCC(Br)CCNCC1COc2ccccc21. The van der Waals surface area contributed by atoms with E-state index in [2.05, 4.69) is 46.4 Å². The molecule has 2 unspecified atom stereocenters. The van der Waals surface area contributed by atoms with Gasteiger partial charge in [-0.1, -0.05) is 41.1 Å². The largest absolute Gasteiger partial charge is 0.493 e. The molecular weight excluding hydrogens is 278 g/mol. The normalized spacial score (nSPS) is 19.8. The molecular formula is C14H20BrNO. The molecule has 3 heteroatoms. The molecule has 1 aromatic carbocycles. The number of alkyl halides is 1. The average molecular weight is 298 g/mol. The van der Waals surface area contributed by atoms with E-state index in [-0.39, 0.29) is 0 Å². The summed E-state index contributed by atoms with van der Waals surface area (Å²) in [6, 6.07) is 8.35. The van der Waals surface area contributed by atoms with Crippen molar-refractivity contribution in [1.82, 2.24) is 5.32 Å². The maximum absolute atomic E-state index is 5.66. The van der Waals surface area contributed by atoms with Crippen LogP contribution in [0.25, 0.3) is 0 Å². The average Bonchev–Trinajstić information content (AvgIpc) is 2.78. The van der Waals surface area contributed by atoms with Crippen molar-refractivity contribution in [2.45, 2.75) is 30.5 Å². The first-order valence-corrected chi connectivity index (χ1v) is 7.29. The quantitative estimate of drug-likeness (QED) is 0.642. The summed E-state index contributed by atoms with van der Waals surface area (Å²) in [4.78, 5) is 0.641. The van der Waals surface area contributed by atoms with E-state index in [1.165, 1.54) is 18.4 Å². The third-order valence-corrected chi connectivity index (χ3v) is 4.37. The van der Waals surface area contributed by atoms with Gasteiger partial charge in [0.1, 0.15) is 5.75 Å². The van der Waals surface area contributed by atoms with Gasteiger partial charge < -0.3 is 10.1 Å². The molecule has 0 saturated heterocycles. The van der Waals surface area contributed by atoms with Gasteiger partial charge in [0.25, 0.3) is 0 Å². The molecule has 1 N–H and O–H groups in total. The van der Waals surface area contributed by atoms with Gasteiger partial charge in [-0.2, -0.15) is 0 Å². The van der Waals surface area contributed by atoms with Gasteiger partial charge in [-0.05, 0) is 25.5 Å². The van der Waals surface area contributed by atoms with Crippen LogP contribution in [0.1, 0.15) is 31.2 Å². The molecule has 0 fully saturated rings. The van der Waals surface area contributed by atoms with E-state index in [4.69, 9.17) is 4.74 Å². The minimum Gasteiger partial charge on any atom is -0.493 e. The zero-order valence-corrected chi connectivity index (χ0v) is 11.9. The van der Waals surface area contributed by atoms with E-state index >= 15 is 0 Å². The summed E-state index contributed by atoms with van der Waals surface area (Å²) in [5.41, 5.74) is 1.35. The second kappa shape index (κ2) is 6.41. The molecule has 2 nitrogen and oxygen atoms in total. The van der Waals surface area contributed by atoms with Crippen molar-refractivity contribution in [3.05, 3.63) is 29.8 Å². The van der Waals surface area contributed by atoms with Crippen LogP contribution in [0.4, 0.5) is 0 Å². The van der Waals surface area contributed by atoms with Crippen LogP contribution in [0.2, 0.25) is 0 Å². The zero-order chi connectivity index (χ0) is 12.1. The Morgan fingerprint density at radius 2 is 2.29 bits per heavy atom. The number of para-hydroxylation sites is 1. The summed E-state index contributed by atoms with van der Waals surface area (Å²) >= 11 is 3.65. The van der Waals surface area contributed by atoms with E-state index < -0.39 is 0 Å². The first-order chi connectivity index (χ1) is 8.31. The standard InChI is InChI=1S/C14H20BrNO/c1-2-12(15)7-8-16-9-11-10-17-14-6-4-3-5-13(11)14/h3-6,11-12,16H,2,7-10H2,1H3. The Morgan fingerprint density at radius 1 is 1.47 bits per heavy atom. The third kappa shape index (κ3) is 3.46. The molecule has 0 amide bonds. The Hall–Kier alpha value is -0.540. The highest BCUT2D eigenvalue weighted by molar-refractivity contribution is 9.09. The molecule has 1 aliphatic rings. The van der Waals surface area contributed by atoms with Gasteiger partial charge in [0, 0.05) is 22.9 Å². The van der Waals surface area contributed by atoms with Crippen molar-refractivity contribution < 1.29 is 4.74 Å². The fourth-order valence-corrected chi connectivity index (χ4v) is 2.37. The highest BCUT2D eigenvalue weighted by Gasteiger charge is 2.22. The molecule has 1 aliphatic heterocycles. The Morgan fingerprint density at radius 3 is 3.12 bits per heavy atom. The number of hydrogen-bond donors (Lipinski definition) is 1. The Bertz CT molecular complexity index is 356. The maximum atomic E-state index is 5.66. The number of rotatable bonds is 6. The second-order valence-electron chi connectivity index (χ2n) is 4.54. The van der Waals surface area contributed by atoms with E-state index in [0.717, 1.165) is 25.4 Å². The second-order valence-corrected chi connectivity index (χ2v) is 5.84. The molecule has 1 aromatic rings. The molecule has 0 saturated carbocycles. The summed E-state index contributed by atoms with van der Waals surface area (Å²) in [6.45, 7) is 5.11. The van der Waals surface area contributed by atoms with Crippen LogP contribution in [0, 0.1) is 0 Å².